The number of benzene rings is 2. The number of hydrogen-bond acceptors (Lipinski definition) is 5. The number of pyridine rings is 1. The molecule has 3 aromatic rings. The van der Waals surface area contributed by atoms with Crippen molar-refractivity contribution in [1.29, 1.82) is 0 Å². The third-order valence-electron chi connectivity index (χ3n) is 3.43. The van der Waals surface area contributed by atoms with E-state index in [0.29, 0.717) is 5.52 Å². The number of para-hydroxylation sites is 1. The number of rotatable bonds is 3. The average molecular weight is 327 g/mol. The van der Waals surface area contributed by atoms with Gasteiger partial charge in [0.1, 0.15) is 0 Å². The molecule has 3 rings (SSSR count). The van der Waals surface area contributed by atoms with Crippen molar-refractivity contribution in [1.82, 2.24) is 4.98 Å². The molecule has 1 heterocycles. The Balaban J connectivity index is 2.04. The molecule has 5 nitrogen and oxygen atoms in total. The lowest BCUT2D eigenvalue weighted by atomic mass is 10.2. The zero-order chi connectivity index (χ0) is 16.4. The van der Waals surface area contributed by atoms with Crippen LogP contribution in [0.15, 0.2) is 70.6 Å². The lowest BCUT2D eigenvalue weighted by molar-refractivity contribution is 0.0600. The normalized spacial score (nSPS) is 11.3. The molecule has 0 saturated carbocycles. The van der Waals surface area contributed by atoms with E-state index in [1.807, 2.05) is 12.1 Å². The summed E-state index contributed by atoms with van der Waals surface area (Å²) in [6, 6.07) is 16.1. The molecular formula is C17H13NO4S. The summed E-state index contributed by atoms with van der Waals surface area (Å²) in [4.78, 5) is 15.7. The van der Waals surface area contributed by atoms with Crippen LogP contribution in [0.25, 0.3) is 10.9 Å². The number of fused-ring (bicyclic) bond motifs is 1. The lowest BCUT2D eigenvalue weighted by Gasteiger charge is -2.06. The largest absolute Gasteiger partial charge is 0.465 e. The molecule has 0 radical (unpaired) electrons. The van der Waals surface area contributed by atoms with E-state index in [1.54, 1.807) is 18.2 Å². The lowest BCUT2D eigenvalue weighted by Crippen LogP contribution is -2.06. The molecular weight excluding hydrogens is 314 g/mol. The van der Waals surface area contributed by atoms with Gasteiger partial charge in [0.15, 0.2) is 5.03 Å². The van der Waals surface area contributed by atoms with E-state index in [0.717, 1.165) is 5.39 Å². The van der Waals surface area contributed by atoms with E-state index in [-0.39, 0.29) is 15.5 Å². The topological polar surface area (TPSA) is 73.3 Å². The Morgan fingerprint density at radius 3 is 2.35 bits per heavy atom. The van der Waals surface area contributed by atoms with Gasteiger partial charge < -0.3 is 4.74 Å². The van der Waals surface area contributed by atoms with Crippen LogP contribution in [0.4, 0.5) is 0 Å². The maximum atomic E-state index is 12.6. The van der Waals surface area contributed by atoms with Gasteiger partial charge in [-0.05, 0) is 42.5 Å². The van der Waals surface area contributed by atoms with Crippen molar-refractivity contribution >= 4 is 26.7 Å². The van der Waals surface area contributed by atoms with Crippen LogP contribution in [0.3, 0.4) is 0 Å². The predicted molar refractivity (Wildman–Crippen MR) is 85.0 cm³/mol. The van der Waals surface area contributed by atoms with Gasteiger partial charge in [0.05, 0.1) is 23.1 Å². The summed E-state index contributed by atoms with van der Waals surface area (Å²) in [5.41, 5.74) is 0.901. The number of carbonyl (C=O) groups excluding carboxylic acids is 1. The van der Waals surface area contributed by atoms with E-state index in [9.17, 15) is 13.2 Å². The van der Waals surface area contributed by atoms with Gasteiger partial charge in [-0.1, -0.05) is 18.2 Å². The van der Waals surface area contributed by atoms with E-state index in [2.05, 4.69) is 9.72 Å². The zero-order valence-electron chi connectivity index (χ0n) is 12.3. The Labute approximate surface area is 133 Å². The number of ether oxygens (including phenoxy) is 1. The van der Waals surface area contributed by atoms with Gasteiger partial charge >= 0.3 is 5.97 Å². The number of methoxy groups -OCH3 is 1. The minimum atomic E-state index is -3.74. The van der Waals surface area contributed by atoms with Crippen molar-refractivity contribution in [3.05, 3.63) is 66.2 Å². The minimum Gasteiger partial charge on any atom is -0.465 e. The second kappa shape index (κ2) is 5.81. The fourth-order valence-corrected chi connectivity index (χ4v) is 3.41. The molecule has 0 amide bonds. The monoisotopic (exact) mass is 327 g/mol. The SMILES string of the molecule is COC(=O)c1ccc(S(=O)(=O)c2ccc3ccccc3n2)cc1. The number of aromatic nitrogens is 1. The third-order valence-corrected chi connectivity index (χ3v) is 5.10. The van der Waals surface area contributed by atoms with Gasteiger partial charge in [-0.15, -0.1) is 0 Å². The Morgan fingerprint density at radius 1 is 0.957 bits per heavy atom. The van der Waals surface area contributed by atoms with Crippen LogP contribution in [-0.2, 0) is 14.6 Å². The van der Waals surface area contributed by atoms with Gasteiger partial charge in [0.2, 0.25) is 9.84 Å². The highest BCUT2D eigenvalue weighted by Crippen LogP contribution is 2.22. The summed E-state index contributed by atoms with van der Waals surface area (Å²) in [5.74, 6) is -0.516. The first kappa shape index (κ1) is 15.2. The minimum absolute atomic E-state index is 0.0259. The summed E-state index contributed by atoms with van der Waals surface area (Å²) >= 11 is 0. The zero-order valence-corrected chi connectivity index (χ0v) is 13.1. The quantitative estimate of drug-likeness (QED) is 0.692. The Morgan fingerprint density at radius 2 is 1.65 bits per heavy atom. The highest BCUT2D eigenvalue weighted by molar-refractivity contribution is 7.91. The van der Waals surface area contributed by atoms with E-state index >= 15 is 0 Å². The maximum absolute atomic E-state index is 12.6. The molecule has 0 aliphatic rings. The molecule has 0 unspecified atom stereocenters. The van der Waals surface area contributed by atoms with E-state index in [1.165, 1.54) is 37.4 Å². The maximum Gasteiger partial charge on any atom is 0.337 e. The summed E-state index contributed by atoms with van der Waals surface area (Å²) in [7, 11) is -2.47. The van der Waals surface area contributed by atoms with E-state index < -0.39 is 15.8 Å². The molecule has 0 aliphatic heterocycles. The smallest absolute Gasteiger partial charge is 0.337 e. The summed E-state index contributed by atoms with van der Waals surface area (Å²) < 4.78 is 29.9. The fraction of sp³-hybridized carbons (Fsp3) is 0.0588. The van der Waals surface area contributed by atoms with Gasteiger partial charge in [-0.2, -0.15) is 0 Å². The fourth-order valence-electron chi connectivity index (χ4n) is 2.21. The number of nitrogens with zero attached hydrogens (tertiary/aromatic N) is 1. The number of esters is 1. The second-order valence-electron chi connectivity index (χ2n) is 4.86. The van der Waals surface area contributed by atoms with Crippen LogP contribution in [0.1, 0.15) is 10.4 Å². The first-order valence-corrected chi connectivity index (χ1v) is 8.30. The molecule has 0 saturated heterocycles. The highest BCUT2D eigenvalue weighted by Gasteiger charge is 2.20. The van der Waals surface area contributed by atoms with Crippen LogP contribution in [0.5, 0.6) is 0 Å². The van der Waals surface area contributed by atoms with Crippen molar-refractivity contribution in [2.45, 2.75) is 9.92 Å². The van der Waals surface area contributed by atoms with E-state index in [4.69, 9.17) is 0 Å². The van der Waals surface area contributed by atoms with Crippen molar-refractivity contribution in [2.75, 3.05) is 7.11 Å². The van der Waals surface area contributed by atoms with Crippen molar-refractivity contribution < 1.29 is 17.9 Å². The van der Waals surface area contributed by atoms with Crippen LogP contribution >= 0.6 is 0 Å². The van der Waals surface area contributed by atoms with Crippen molar-refractivity contribution in [2.24, 2.45) is 0 Å². The third kappa shape index (κ3) is 2.80. The molecule has 2 aromatic carbocycles. The standard InChI is InChI=1S/C17H13NO4S/c1-22-17(19)13-6-9-14(10-7-13)23(20,21)16-11-8-12-4-2-3-5-15(12)18-16/h2-11H,1H3. The molecule has 0 aliphatic carbocycles. The molecule has 23 heavy (non-hydrogen) atoms. The summed E-state index contributed by atoms with van der Waals surface area (Å²) in [6.07, 6.45) is 0. The number of hydrogen-bond donors (Lipinski definition) is 0. The highest BCUT2D eigenvalue weighted by atomic mass is 32.2. The van der Waals surface area contributed by atoms with Gasteiger partial charge in [-0.3, -0.25) is 0 Å². The van der Waals surface area contributed by atoms with Crippen LogP contribution in [-0.4, -0.2) is 26.5 Å². The molecule has 0 atom stereocenters. The Bertz CT molecular complexity index is 979. The predicted octanol–water partition coefficient (Wildman–Crippen LogP) is 2.85. The van der Waals surface area contributed by atoms with Gasteiger partial charge in [0, 0.05) is 5.39 Å². The number of sulfone groups is 1. The molecule has 6 heteroatoms. The molecule has 0 fully saturated rings. The second-order valence-corrected chi connectivity index (χ2v) is 6.76. The average Bonchev–Trinajstić information content (AvgIpc) is 2.60. The first-order valence-electron chi connectivity index (χ1n) is 6.81. The molecule has 0 N–H and O–H groups in total. The summed E-state index contributed by atoms with van der Waals surface area (Å²) in [6.45, 7) is 0. The van der Waals surface area contributed by atoms with Crippen LogP contribution in [0, 0.1) is 0 Å². The number of carbonyl (C=O) groups is 1. The Kier molecular flexibility index (Phi) is 3.83. The van der Waals surface area contributed by atoms with Gasteiger partial charge in [0.25, 0.3) is 0 Å². The first-order chi connectivity index (χ1) is 11.0. The van der Waals surface area contributed by atoms with Crippen LogP contribution in [0.2, 0.25) is 0 Å². The molecule has 0 bridgehead atoms. The molecule has 0 spiro atoms. The molecule has 116 valence electrons. The molecule has 1 aromatic heterocycles. The Hall–Kier alpha value is -2.73. The van der Waals surface area contributed by atoms with Gasteiger partial charge in [-0.25, -0.2) is 18.2 Å². The van der Waals surface area contributed by atoms with Crippen molar-refractivity contribution in [3.63, 3.8) is 0 Å². The van der Waals surface area contributed by atoms with Crippen molar-refractivity contribution in [3.8, 4) is 0 Å². The van der Waals surface area contributed by atoms with Crippen LogP contribution < -0.4 is 0 Å². The summed E-state index contributed by atoms with van der Waals surface area (Å²) in [5, 5.41) is 0.842.